The van der Waals surface area contributed by atoms with Crippen molar-refractivity contribution >= 4 is 11.1 Å². The second kappa shape index (κ2) is 6.07. The SMILES string of the molecule is NCS(=O)[O-].[Na+]. The third kappa shape index (κ3) is 8.91. The molecule has 0 spiro atoms. The molecule has 0 heterocycles. The molecule has 0 radical (unpaired) electrons. The Labute approximate surface area is 60.9 Å². The van der Waals surface area contributed by atoms with Crippen LogP contribution in [0.3, 0.4) is 0 Å². The summed E-state index contributed by atoms with van der Waals surface area (Å²) in [6.45, 7) is 0. The molecule has 0 aliphatic heterocycles. The molecular formula is CH4NNaO2S. The van der Waals surface area contributed by atoms with Gasteiger partial charge in [0.15, 0.2) is 0 Å². The van der Waals surface area contributed by atoms with E-state index in [0.29, 0.717) is 0 Å². The van der Waals surface area contributed by atoms with Crippen LogP contribution in [0.1, 0.15) is 0 Å². The predicted molar refractivity (Wildman–Crippen MR) is 18.0 cm³/mol. The molecule has 2 N–H and O–H groups in total. The summed E-state index contributed by atoms with van der Waals surface area (Å²) in [6, 6.07) is 0. The molecule has 0 saturated carbocycles. The number of nitrogens with two attached hydrogens (primary N) is 1. The molecule has 1 unspecified atom stereocenters. The summed E-state index contributed by atoms with van der Waals surface area (Å²) in [5.74, 6) is -0.278. The van der Waals surface area contributed by atoms with E-state index >= 15 is 0 Å². The van der Waals surface area contributed by atoms with Crippen molar-refractivity contribution in [1.82, 2.24) is 0 Å². The van der Waals surface area contributed by atoms with Gasteiger partial charge in [-0.1, -0.05) is 0 Å². The van der Waals surface area contributed by atoms with E-state index in [9.17, 15) is 8.76 Å². The van der Waals surface area contributed by atoms with Crippen LogP contribution in [0.5, 0.6) is 0 Å². The van der Waals surface area contributed by atoms with Crippen LogP contribution in [0.4, 0.5) is 0 Å². The third-order valence-corrected chi connectivity index (χ3v) is 0.408. The first-order valence-corrected chi connectivity index (χ1v) is 2.27. The van der Waals surface area contributed by atoms with Gasteiger partial charge < -0.3 is 10.3 Å². The molecule has 0 fully saturated rings. The molecule has 0 bridgehead atoms. The second-order valence-electron chi connectivity index (χ2n) is 0.470. The molecule has 3 nitrogen and oxygen atoms in total. The zero-order valence-corrected chi connectivity index (χ0v) is 6.33. The summed E-state index contributed by atoms with van der Waals surface area (Å²) >= 11 is -2.04. The molecular weight excluding hydrogens is 113 g/mol. The van der Waals surface area contributed by atoms with Crippen molar-refractivity contribution in [3.8, 4) is 0 Å². The molecule has 0 rings (SSSR count). The summed E-state index contributed by atoms with van der Waals surface area (Å²) < 4.78 is 18.5. The van der Waals surface area contributed by atoms with Crippen molar-refractivity contribution in [1.29, 1.82) is 0 Å². The van der Waals surface area contributed by atoms with Gasteiger partial charge in [0.05, 0.1) is 5.88 Å². The van der Waals surface area contributed by atoms with Gasteiger partial charge in [-0.15, -0.1) is 0 Å². The first-order valence-electron chi connectivity index (χ1n) is 1.03. The molecule has 0 aliphatic carbocycles. The van der Waals surface area contributed by atoms with Crippen LogP contribution < -0.4 is 35.3 Å². The molecule has 6 heavy (non-hydrogen) atoms. The number of hydrogen-bond donors (Lipinski definition) is 1. The van der Waals surface area contributed by atoms with Crippen LogP contribution in [-0.4, -0.2) is 14.6 Å². The summed E-state index contributed by atoms with van der Waals surface area (Å²) in [6.07, 6.45) is 0. The van der Waals surface area contributed by atoms with Gasteiger partial charge in [-0.2, -0.15) is 0 Å². The van der Waals surface area contributed by atoms with Gasteiger partial charge in [0, 0.05) is 0 Å². The van der Waals surface area contributed by atoms with Crippen molar-refractivity contribution < 1.29 is 38.3 Å². The van der Waals surface area contributed by atoms with Gasteiger partial charge in [0.1, 0.15) is 0 Å². The quantitative estimate of drug-likeness (QED) is 0.279. The molecule has 0 aliphatic rings. The average molecular weight is 117 g/mol. The summed E-state index contributed by atoms with van der Waals surface area (Å²) in [4.78, 5) is 0. The standard InChI is InChI=1S/CH5NO2S.Na/c2-1-5(3)4;/h1-2H2,(H,3,4);/q;+1/p-1. The van der Waals surface area contributed by atoms with Gasteiger partial charge in [-0.05, 0) is 11.1 Å². The molecule has 1 atom stereocenters. The van der Waals surface area contributed by atoms with E-state index in [0.717, 1.165) is 0 Å². The van der Waals surface area contributed by atoms with Gasteiger partial charge >= 0.3 is 29.6 Å². The Morgan fingerprint density at radius 2 is 2.00 bits per heavy atom. The van der Waals surface area contributed by atoms with Crippen LogP contribution in [0.25, 0.3) is 0 Å². The van der Waals surface area contributed by atoms with Crippen LogP contribution in [0.15, 0.2) is 0 Å². The predicted octanol–water partition coefficient (Wildman–Crippen LogP) is -4.21. The van der Waals surface area contributed by atoms with E-state index in [1.807, 2.05) is 0 Å². The fourth-order valence-corrected chi connectivity index (χ4v) is 0. The van der Waals surface area contributed by atoms with Crippen LogP contribution >= 0.6 is 0 Å². The zero-order valence-electron chi connectivity index (χ0n) is 3.51. The van der Waals surface area contributed by atoms with E-state index < -0.39 is 11.1 Å². The monoisotopic (exact) mass is 117 g/mol. The molecule has 0 saturated heterocycles. The fourth-order valence-electron chi connectivity index (χ4n) is 0. The third-order valence-electron chi connectivity index (χ3n) is 0.136. The van der Waals surface area contributed by atoms with E-state index in [4.69, 9.17) is 0 Å². The topological polar surface area (TPSA) is 66.2 Å². The van der Waals surface area contributed by atoms with Gasteiger partial charge in [-0.25, -0.2) is 0 Å². The molecule has 0 aromatic heterocycles. The number of hydrogen-bond acceptors (Lipinski definition) is 3. The summed E-state index contributed by atoms with van der Waals surface area (Å²) in [5, 5.41) is 0. The van der Waals surface area contributed by atoms with Crippen molar-refractivity contribution in [3.05, 3.63) is 0 Å². The largest absolute Gasteiger partial charge is 1.00 e. The molecule has 0 aromatic rings. The van der Waals surface area contributed by atoms with E-state index in [1.165, 1.54) is 0 Å². The molecule has 0 amide bonds. The number of rotatable bonds is 1. The second-order valence-corrected chi connectivity index (χ2v) is 1.41. The molecule has 32 valence electrons. The first kappa shape index (κ1) is 10.1. The Hall–Kier alpha value is 1.07. The van der Waals surface area contributed by atoms with E-state index in [1.54, 1.807) is 0 Å². The fraction of sp³-hybridized carbons (Fsp3) is 1.00. The molecule has 0 aromatic carbocycles. The van der Waals surface area contributed by atoms with E-state index in [-0.39, 0.29) is 35.4 Å². The Morgan fingerprint density at radius 3 is 2.00 bits per heavy atom. The maximum Gasteiger partial charge on any atom is 1.00 e. The first-order chi connectivity index (χ1) is 2.27. The Bertz CT molecular complexity index is 48.8. The van der Waals surface area contributed by atoms with Gasteiger partial charge in [0.2, 0.25) is 0 Å². The van der Waals surface area contributed by atoms with Crippen LogP contribution in [0, 0.1) is 0 Å². The van der Waals surface area contributed by atoms with Crippen molar-refractivity contribution in [3.63, 3.8) is 0 Å². The van der Waals surface area contributed by atoms with Crippen molar-refractivity contribution in [2.75, 3.05) is 5.88 Å². The van der Waals surface area contributed by atoms with Gasteiger partial charge in [-0.3, -0.25) is 4.21 Å². The van der Waals surface area contributed by atoms with Crippen LogP contribution in [0.2, 0.25) is 0 Å². The van der Waals surface area contributed by atoms with E-state index in [2.05, 4.69) is 5.73 Å². The maximum atomic E-state index is 9.24. The van der Waals surface area contributed by atoms with Gasteiger partial charge in [0.25, 0.3) is 0 Å². The van der Waals surface area contributed by atoms with Crippen LogP contribution in [-0.2, 0) is 11.1 Å². The normalized spacial score (nSPS) is 12.3. The smallest absolute Gasteiger partial charge is 0.771 e. The summed E-state index contributed by atoms with van der Waals surface area (Å²) in [5.41, 5.74) is 4.56. The average Bonchev–Trinajstić information content (AvgIpc) is 1.38. The van der Waals surface area contributed by atoms with Crippen molar-refractivity contribution in [2.45, 2.75) is 0 Å². The molecule has 5 heteroatoms. The minimum absolute atomic E-state index is 0. The minimum Gasteiger partial charge on any atom is -0.771 e. The van der Waals surface area contributed by atoms with Crippen molar-refractivity contribution in [2.24, 2.45) is 5.73 Å². The summed E-state index contributed by atoms with van der Waals surface area (Å²) in [7, 11) is 0. The minimum atomic E-state index is -2.04. The Kier molecular flexibility index (Phi) is 10.3. The zero-order chi connectivity index (χ0) is 4.28. The Balaban J connectivity index is 0. The Morgan fingerprint density at radius 1 is 1.83 bits per heavy atom. The maximum absolute atomic E-state index is 9.24.